The number of benzene rings is 2. The van der Waals surface area contributed by atoms with Gasteiger partial charge in [0.1, 0.15) is 0 Å². The van der Waals surface area contributed by atoms with Crippen LogP contribution in [0.1, 0.15) is 34.1 Å². The highest BCUT2D eigenvalue weighted by Crippen LogP contribution is 2.32. The second-order valence-corrected chi connectivity index (χ2v) is 8.15. The molecule has 0 atom stereocenters. The fourth-order valence-corrected chi connectivity index (χ4v) is 3.91. The lowest BCUT2D eigenvalue weighted by molar-refractivity contribution is -0.119. The Morgan fingerprint density at radius 1 is 1.13 bits per heavy atom. The molecule has 2 aromatic carbocycles. The molecule has 3 rings (SSSR count). The Hall–Kier alpha value is -3.39. The van der Waals surface area contributed by atoms with Crippen molar-refractivity contribution in [3.63, 3.8) is 0 Å². The van der Waals surface area contributed by atoms with E-state index < -0.39 is 5.91 Å². The second-order valence-electron chi connectivity index (χ2n) is 6.95. The standard InChI is InChI=1S/C23H25N3O4S/c1-4-5-15-6-8-16(9-7-15)21-14(2)31-23(25-21)26-22(28)17-10-11-18(19(12-17)29-3)30-13-20(24)27/h6-12H,4-5,13H2,1-3H3,(H2,24,27)(H,25,26,28). The number of carbonyl (C=O) groups excluding carboxylic acids is 2. The number of carbonyl (C=O) groups is 2. The number of methoxy groups -OCH3 is 1. The number of nitrogens with one attached hydrogen (secondary N) is 1. The lowest BCUT2D eigenvalue weighted by atomic mass is 10.1. The van der Waals surface area contributed by atoms with Crippen molar-refractivity contribution in [2.24, 2.45) is 5.73 Å². The van der Waals surface area contributed by atoms with Crippen LogP contribution >= 0.6 is 11.3 Å². The molecule has 0 saturated carbocycles. The van der Waals surface area contributed by atoms with Gasteiger partial charge in [-0.3, -0.25) is 14.9 Å². The molecule has 0 spiro atoms. The Morgan fingerprint density at radius 2 is 1.87 bits per heavy atom. The number of amides is 2. The molecule has 3 aromatic rings. The smallest absolute Gasteiger partial charge is 0.257 e. The summed E-state index contributed by atoms with van der Waals surface area (Å²) in [6.45, 7) is 3.86. The molecule has 3 N–H and O–H groups in total. The molecule has 8 heteroatoms. The third kappa shape index (κ3) is 5.61. The minimum Gasteiger partial charge on any atom is -0.493 e. The number of nitrogens with zero attached hydrogens (tertiary/aromatic N) is 1. The number of ether oxygens (including phenoxy) is 2. The molecule has 0 aliphatic heterocycles. The maximum atomic E-state index is 12.7. The van der Waals surface area contributed by atoms with E-state index in [0.717, 1.165) is 29.0 Å². The van der Waals surface area contributed by atoms with Gasteiger partial charge in [-0.1, -0.05) is 37.6 Å². The number of primary amides is 1. The molecule has 0 radical (unpaired) electrons. The molecule has 7 nitrogen and oxygen atoms in total. The van der Waals surface area contributed by atoms with E-state index in [1.165, 1.54) is 24.0 Å². The maximum absolute atomic E-state index is 12.7. The van der Waals surface area contributed by atoms with E-state index >= 15 is 0 Å². The number of aromatic nitrogens is 1. The molecule has 0 fully saturated rings. The van der Waals surface area contributed by atoms with Gasteiger partial charge in [0, 0.05) is 16.0 Å². The molecule has 0 saturated heterocycles. The van der Waals surface area contributed by atoms with Crippen LogP contribution in [0.3, 0.4) is 0 Å². The molecule has 2 amide bonds. The van der Waals surface area contributed by atoms with Gasteiger partial charge in [-0.15, -0.1) is 11.3 Å². The first-order chi connectivity index (χ1) is 14.9. The van der Waals surface area contributed by atoms with Crippen molar-refractivity contribution in [2.75, 3.05) is 19.0 Å². The maximum Gasteiger partial charge on any atom is 0.257 e. The van der Waals surface area contributed by atoms with Crippen molar-refractivity contribution < 1.29 is 19.1 Å². The summed E-state index contributed by atoms with van der Waals surface area (Å²) in [5, 5.41) is 3.36. The van der Waals surface area contributed by atoms with E-state index in [0.29, 0.717) is 22.2 Å². The van der Waals surface area contributed by atoms with Gasteiger partial charge in [-0.2, -0.15) is 0 Å². The van der Waals surface area contributed by atoms with Crippen LogP contribution in [0.4, 0.5) is 5.13 Å². The number of anilines is 1. The Morgan fingerprint density at radius 3 is 2.52 bits per heavy atom. The zero-order valence-electron chi connectivity index (χ0n) is 17.7. The van der Waals surface area contributed by atoms with Crippen LogP contribution in [0, 0.1) is 6.92 Å². The average molecular weight is 440 g/mol. The SMILES string of the molecule is CCCc1ccc(-c2nc(NC(=O)c3ccc(OCC(N)=O)c(OC)c3)sc2C)cc1. The van der Waals surface area contributed by atoms with Gasteiger partial charge >= 0.3 is 0 Å². The van der Waals surface area contributed by atoms with Crippen LogP contribution in [0.2, 0.25) is 0 Å². The largest absolute Gasteiger partial charge is 0.493 e. The summed E-state index contributed by atoms with van der Waals surface area (Å²) in [7, 11) is 1.45. The van der Waals surface area contributed by atoms with E-state index in [9.17, 15) is 9.59 Å². The molecular weight excluding hydrogens is 414 g/mol. The van der Waals surface area contributed by atoms with Gasteiger partial charge in [0.2, 0.25) is 0 Å². The highest BCUT2D eigenvalue weighted by Gasteiger charge is 2.16. The molecule has 162 valence electrons. The van der Waals surface area contributed by atoms with Crippen molar-refractivity contribution in [2.45, 2.75) is 26.7 Å². The van der Waals surface area contributed by atoms with Crippen LogP contribution in [-0.4, -0.2) is 30.5 Å². The van der Waals surface area contributed by atoms with Crippen LogP contribution in [0.5, 0.6) is 11.5 Å². The Labute approximate surface area is 185 Å². The van der Waals surface area contributed by atoms with Crippen LogP contribution < -0.4 is 20.5 Å². The summed E-state index contributed by atoms with van der Waals surface area (Å²) in [5.74, 6) is -0.258. The zero-order valence-corrected chi connectivity index (χ0v) is 18.5. The van der Waals surface area contributed by atoms with Crippen molar-refractivity contribution >= 4 is 28.3 Å². The first-order valence-electron chi connectivity index (χ1n) is 9.88. The lowest BCUT2D eigenvalue weighted by Crippen LogP contribution is -2.20. The van der Waals surface area contributed by atoms with E-state index in [2.05, 4.69) is 41.5 Å². The highest BCUT2D eigenvalue weighted by atomic mass is 32.1. The molecule has 31 heavy (non-hydrogen) atoms. The Bertz CT molecular complexity index is 1080. The summed E-state index contributed by atoms with van der Waals surface area (Å²) >= 11 is 1.42. The van der Waals surface area contributed by atoms with Gasteiger partial charge in [0.25, 0.3) is 11.8 Å². The predicted octanol–water partition coefficient (Wildman–Crippen LogP) is 4.20. The quantitative estimate of drug-likeness (QED) is 0.520. The Balaban J connectivity index is 1.75. The van der Waals surface area contributed by atoms with E-state index in [1.807, 2.05) is 6.92 Å². The van der Waals surface area contributed by atoms with E-state index in [-0.39, 0.29) is 12.5 Å². The number of hydrogen-bond donors (Lipinski definition) is 2. The number of hydrogen-bond acceptors (Lipinski definition) is 6. The van der Waals surface area contributed by atoms with Gasteiger partial charge < -0.3 is 15.2 Å². The van der Waals surface area contributed by atoms with Gasteiger partial charge in [-0.05, 0) is 37.1 Å². The lowest BCUT2D eigenvalue weighted by Gasteiger charge is -2.11. The topological polar surface area (TPSA) is 104 Å². The average Bonchev–Trinajstić information content (AvgIpc) is 3.12. The zero-order chi connectivity index (χ0) is 22.4. The number of aryl methyl sites for hydroxylation is 2. The molecule has 1 heterocycles. The van der Waals surface area contributed by atoms with Crippen LogP contribution in [0.15, 0.2) is 42.5 Å². The molecule has 0 unspecified atom stereocenters. The molecule has 1 aromatic heterocycles. The third-order valence-electron chi connectivity index (χ3n) is 4.58. The van der Waals surface area contributed by atoms with Gasteiger partial charge in [0.05, 0.1) is 12.8 Å². The highest BCUT2D eigenvalue weighted by molar-refractivity contribution is 7.16. The minimum atomic E-state index is -0.598. The van der Waals surface area contributed by atoms with Crippen molar-refractivity contribution in [3.05, 3.63) is 58.5 Å². The molecule has 0 bridgehead atoms. The van der Waals surface area contributed by atoms with Crippen LogP contribution in [-0.2, 0) is 11.2 Å². The molecule has 0 aliphatic rings. The van der Waals surface area contributed by atoms with E-state index in [1.54, 1.807) is 18.2 Å². The summed E-state index contributed by atoms with van der Waals surface area (Å²) in [6.07, 6.45) is 2.15. The van der Waals surface area contributed by atoms with Crippen molar-refractivity contribution in [1.29, 1.82) is 0 Å². The number of nitrogens with two attached hydrogens (primary N) is 1. The Kier molecular flexibility index (Phi) is 7.25. The first kappa shape index (κ1) is 22.3. The fourth-order valence-electron chi connectivity index (χ4n) is 3.08. The monoisotopic (exact) mass is 439 g/mol. The first-order valence-corrected chi connectivity index (χ1v) is 10.7. The number of rotatable bonds is 9. The molecule has 0 aliphatic carbocycles. The molecular formula is C23H25N3O4S. The summed E-state index contributed by atoms with van der Waals surface area (Å²) in [4.78, 5) is 29.3. The van der Waals surface area contributed by atoms with Crippen molar-refractivity contribution in [1.82, 2.24) is 4.98 Å². The number of thiazole rings is 1. The second kappa shape index (κ2) is 10.1. The van der Waals surface area contributed by atoms with Gasteiger partial charge in [-0.25, -0.2) is 4.98 Å². The van der Waals surface area contributed by atoms with Crippen LogP contribution in [0.25, 0.3) is 11.3 Å². The van der Waals surface area contributed by atoms with Gasteiger partial charge in [0.15, 0.2) is 23.2 Å². The minimum absolute atomic E-state index is 0.275. The summed E-state index contributed by atoms with van der Waals surface area (Å²) in [5.41, 5.74) is 8.65. The fraction of sp³-hybridized carbons (Fsp3) is 0.261. The summed E-state index contributed by atoms with van der Waals surface area (Å²) in [6, 6.07) is 13.0. The predicted molar refractivity (Wildman–Crippen MR) is 122 cm³/mol. The summed E-state index contributed by atoms with van der Waals surface area (Å²) < 4.78 is 10.5. The third-order valence-corrected chi connectivity index (χ3v) is 5.47. The normalized spacial score (nSPS) is 10.5. The van der Waals surface area contributed by atoms with Crippen molar-refractivity contribution in [3.8, 4) is 22.8 Å². The van der Waals surface area contributed by atoms with E-state index in [4.69, 9.17) is 15.2 Å².